The molecule has 28 heavy (non-hydrogen) atoms. The van der Waals surface area contributed by atoms with Gasteiger partial charge in [0.2, 0.25) is 5.91 Å². The molecule has 0 unspecified atom stereocenters. The van der Waals surface area contributed by atoms with Crippen LogP contribution < -0.4 is 4.74 Å². The van der Waals surface area contributed by atoms with Crippen molar-refractivity contribution >= 4 is 11.8 Å². The summed E-state index contributed by atoms with van der Waals surface area (Å²) in [6, 6.07) is 4.06. The van der Waals surface area contributed by atoms with Crippen LogP contribution in [0, 0.1) is 20.8 Å². The van der Waals surface area contributed by atoms with Crippen molar-refractivity contribution in [3.63, 3.8) is 0 Å². The van der Waals surface area contributed by atoms with Gasteiger partial charge in [0.1, 0.15) is 12.4 Å². The van der Waals surface area contributed by atoms with E-state index in [1.165, 1.54) is 0 Å². The van der Waals surface area contributed by atoms with Crippen LogP contribution in [0.5, 0.6) is 5.75 Å². The highest BCUT2D eigenvalue weighted by Gasteiger charge is 2.22. The van der Waals surface area contributed by atoms with Crippen molar-refractivity contribution in [1.82, 2.24) is 9.80 Å². The smallest absolute Gasteiger partial charge is 0.260 e. The summed E-state index contributed by atoms with van der Waals surface area (Å²) in [6.45, 7) is 9.23. The van der Waals surface area contributed by atoms with Crippen LogP contribution in [0.2, 0.25) is 0 Å². The molecule has 1 aliphatic rings. The molecule has 7 heteroatoms. The van der Waals surface area contributed by atoms with Crippen molar-refractivity contribution in [2.24, 2.45) is 0 Å². The Hall–Kier alpha value is -2.12. The van der Waals surface area contributed by atoms with Gasteiger partial charge in [-0.3, -0.25) is 9.59 Å². The standard InChI is InChI=1S/C21H32N2O5/c1-16-6-7-17(2)21(18(16)3)28-15-20(25)23-9-5-8-22(10-11-23)19(24)14-27-13-12-26-4/h6-7H,5,8-15H2,1-4H3. The lowest BCUT2D eigenvalue weighted by Crippen LogP contribution is -2.40. The second kappa shape index (κ2) is 11.0. The van der Waals surface area contributed by atoms with E-state index in [2.05, 4.69) is 6.07 Å². The van der Waals surface area contributed by atoms with Gasteiger partial charge in [0.15, 0.2) is 6.61 Å². The number of hydrogen-bond acceptors (Lipinski definition) is 5. The van der Waals surface area contributed by atoms with Crippen molar-refractivity contribution in [2.45, 2.75) is 27.2 Å². The van der Waals surface area contributed by atoms with Gasteiger partial charge >= 0.3 is 0 Å². The van der Waals surface area contributed by atoms with E-state index in [1.807, 2.05) is 26.8 Å². The van der Waals surface area contributed by atoms with Gasteiger partial charge in [-0.25, -0.2) is 0 Å². The molecule has 2 rings (SSSR count). The normalized spacial score (nSPS) is 14.7. The molecule has 0 spiro atoms. The maximum Gasteiger partial charge on any atom is 0.260 e. The topological polar surface area (TPSA) is 68.3 Å². The van der Waals surface area contributed by atoms with Crippen LogP contribution >= 0.6 is 0 Å². The monoisotopic (exact) mass is 392 g/mol. The van der Waals surface area contributed by atoms with Gasteiger partial charge in [-0.1, -0.05) is 12.1 Å². The summed E-state index contributed by atoms with van der Waals surface area (Å²) in [5.74, 6) is 0.687. The number of rotatable bonds is 8. The summed E-state index contributed by atoms with van der Waals surface area (Å²) < 4.78 is 16.1. The molecule has 0 aromatic heterocycles. The van der Waals surface area contributed by atoms with Crippen LogP contribution in [-0.2, 0) is 19.1 Å². The van der Waals surface area contributed by atoms with E-state index in [9.17, 15) is 9.59 Å². The molecule has 0 saturated carbocycles. The lowest BCUT2D eigenvalue weighted by atomic mass is 10.1. The average molecular weight is 392 g/mol. The van der Waals surface area contributed by atoms with E-state index in [4.69, 9.17) is 14.2 Å². The average Bonchev–Trinajstić information content (AvgIpc) is 2.94. The maximum absolute atomic E-state index is 12.6. The number of amides is 2. The molecule has 2 amide bonds. The fourth-order valence-corrected chi connectivity index (χ4v) is 3.18. The van der Waals surface area contributed by atoms with Gasteiger partial charge in [0, 0.05) is 33.3 Å². The first kappa shape index (κ1) is 22.2. The SMILES string of the molecule is COCCOCC(=O)N1CCCN(C(=O)COc2c(C)ccc(C)c2C)CC1. The largest absolute Gasteiger partial charge is 0.483 e. The highest BCUT2D eigenvalue weighted by molar-refractivity contribution is 5.79. The zero-order chi connectivity index (χ0) is 20.5. The second-order valence-corrected chi connectivity index (χ2v) is 7.10. The molecular weight excluding hydrogens is 360 g/mol. The summed E-state index contributed by atoms with van der Waals surface area (Å²) >= 11 is 0. The van der Waals surface area contributed by atoms with Gasteiger partial charge in [-0.15, -0.1) is 0 Å². The lowest BCUT2D eigenvalue weighted by molar-refractivity contribution is -0.137. The zero-order valence-corrected chi connectivity index (χ0v) is 17.5. The van der Waals surface area contributed by atoms with Gasteiger partial charge in [-0.2, -0.15) is 0 Å². The van der Waals surface area contributed by atoms with Crippen molar-refractivity contribution in [3.8, 4) is 5.75 Å². The molecule has 7 nitrogen and oxygen atoms in total. The molecule has 1 saturated heterocycles. The van der Waals surface area contributed by atoms with Crippen LogP contribution in [0.4, 0.5) is 0 Å². The molecule has 156 valence electrons. The quantitative estimate of drug-likeness (QED) is 0.630. The van der Waals surface area contributed by atoms with E-state index < -0.39 is 0 Å². The first-order valence-corrected chi connectivity index (χ1v) is 9.76. The third kappa shape index (κ3) is 6.21. The van der Waals surface area contributed by atoms with Crippen LogP contribution in [-0.4, -0.2) is 81.3 Å². The molecule has 1 aromatic carbocycles. The first-order chi connectivity index (χ1) is 13.4. The van der Waals surface area contributed by atoms with Crippen LogP contribution in [0.1, 0.15) is 23.1 Å². The van der Waals surface area contributed by atoms with E-state index in [0.717, 1.165) is 28.9 Å². The maximum atomic E-state index is 12.6. The second-order valence-electron chi connectivity index (χ2n) is 7.10. The van der Waals surface area contributed by atoms with Crippen molar-refractivity contribution in [1.29, 1.82) is 0 Å². The van der Waals surface area contributed by atoms with Crippen molar-refractivity contribution in [3.05, 3.63) is 28.8 Å². The minimum atomic E-state index is -0.0500. The minimum absolute atomic E-state index is 0.0131. The summed E-state index contributed by atoms with van der Waals surface area (Å²) in [5.41, 5.74) is 3.23. The van der Waals surface area contributed by atoms with Crippen molar-refractivity contribution in [2.75, 3.05) is 59.7 Å². The Labute approximate surface area is 167 Å². The van der Waals surface area contributed by atoms with Gasteiger partial charge in [0.05, 0.1) is 13.2 Å². The number of methoxy groups -OCH3 is 1. The molecular formula is C21H32N2O5. The zero-order valence-electron chi connectivity index (χ0n) is 17.5. The third-order valence-electron chi connectivity index (χ3n) is 5.07. The molecule has 0 radical (unpaired) electrons. The molecule has 1 aliphatic heterocycles. The molecule has 0 aliphatic carbocycles. The number of hydrogen-bond donors (Lipinski definition) is 0. The number of carbonyl (C=O) groups is 2. The van der Waals surface area contributed by atoms with E-state index in [0.29, 0.717) is 39.4 Å². The van der Waals surface area contributed by atoms with Gasteiger partial charge in [-0.05, 0) is 43.9 Å². The predicted octanol–water partition coefficient (Wildman–Crippen LogP) is 1.71. The molecule has 0 N–H and O–H groups in total. The third-order valence-corrected chi connectivity index (χ3v) is 5.07. The molecule has 0 atom stereocenters. The Morgan fingerprint density at radius 3 is 2.14 bits per heavy atom. The van der Waals surface area contributed by atoms with Crippen molar-refractivity contribution < 1.29 is 23.8 Å². The Kier molecular flexibility index (Phi) is 8.73. The molecule has 0 bridgehead atoms. The predicted molar refractivity (Wildman–Crippen MR) is 107 cm³/mol. The first-order valence-electron chi connectivity index (χ1n) is 9.76. The number of nitrogens with zero attached hydrogens (tertiary/aromatic N) is 2. The van der Waals surface area contributed by atoms with Gasteiger partial charge < -0.3 is 24.0 Å². The molecule has 1 fully saturated rings. The highest BCUT2D eigenvalue weighted by atomic mass is 16.5. The number of carbonyl (C=O) groups excluding carboxylic acids is 2. The minimum Gasteiger partial charge on any atom is -0.483 e. The number of aryl methyl sites for hydroxylation is 2. The fraction of sp³-hybridized carbons (Fsp3) is 0.619. The van der Waals surface area contributed by atoms with Crippen LogP contribution in [0.3, 0.4) is 0 Å². The number of benzene rings is 1. The van der Waals surface area contributed by atoms with E-state index in [-0.39, 0.29) is 25.0 Å². The summed E-state index contributed by atoms with van der Waals surface area (Å²) in [6.07, 6.45) is 0.748. The Balaban J connectivity index is 1.82. The Morgan fingerprint density at radius 2 is 1.50 bits per heavy atom. The lowest BCUT2D eigenvalue weighted by Gasteiger charge is -2.23. The van der Waals surface area contributed by atoms with E-state index in [1.54, 1.807) is 16.9 Å². The van der Waals surface area contributed by atoms with Gasteiger partial charge in [0.25, 0.3) is 5.91 Å². The highest BCUT2D eigenvalue weighted by Crippen LogP contribution is 2.25. The Bertz CT molecular complexity index is 677. The van der Waals surface area contributed by atoms with Crippen LogP contribution in [0.25, 0.3) is 0 Å². The molecule has 1 heterocycles. The fourth-order valence-electron chi connectivity index (χ4n) is 3.18. The summed E-state index contributed by atoms with van der Waals surface area (Å²) in [5, 5.41) is 0. The van der Waals surface area contributed by atoms with E-state index >= 15 is 0 Å². The summed E-state index contributed by atoms with van der Waals surface area (Å²) in [4.78, 5) is 28.4. The Morgan fingerprint density at radius 1 is 0.893 bits per heavy atom. The van der Waals surface area contributed by atoms with Crippen LogP contribution in [0.15, 0.2) is 12.1 Å². The molecule has 1 aromatic rings. The number of ether oxygens (including phenoxy) is 3. The summed E-state index contributed by atoms with van der Waals surface area (Å²) in [7, 11) is 1.59.